The van der Waals surface area contributed by atoms with Crippen molar-refractivity contribution in [3.05, 3.63) is 19.9 Å². The summed E-state index contributed by atoms with van der Waals surface area (Å²) < 4.78 is 14.2. The zero-order valence-electron chi connectivity index (χ0n) is 9.09. The number of hydrogen-bond donors (Lipinski definition) is 9. The van der Waals surface area contributed by atoms with Crippen LogP contribution in [0.2, 0.25) is 0 Å². The Kier molecular flexibility index (Phi) is 71000. The van der Waals surface area contributed by atoms with Gasteiger partial charge in [0.05, 0.1) is 0 Å². The summed E-state index contributed by atoms with van der Waals surface area (Å²) in [4.78, 5) is 28.0. The predicted octanol–water partition coefficient (Wildman–Crippen LogP) is 1.97. The van der Waals surface area contributed by atoms with Gasteiger partial charge in [-0.15, -0.1) is 0 Å². The van der Waals surface area contributed by atoms with Crippen LogP contribution in [0.4, 0.5) is 0 Å². The summed E-state index contributed by atoms with van der Waals surface area (Å²) in [5.74, 6) is 0. The minimum atomic E-state index is -0.583. The first kappa shape index (κ1) is 62.9. The highest BCUT2D eigenvalue weighted by molar-refractivity contribution is 7.96. The summed E-state index contributed by atoms with van der Waals surface area (Å²) in [6.07, 6.45) is 0. The molecule has 0 aliphatic heterocycles. The van der Waals surface area contributed by atoms with Crippen molar-refractivity contribution >= 4 is 26.1 Å². The maximum atomic E-state index is 8.57. The lowest BCUT2D eigenvalue weighted by molar-refractivity contribution is -0.176. The average molecular weight is 362 g/mol. The van der Waals surface area contributed by atoms with Gasteiger partial charge in [-0.3, -0.25) is 51.8 Å². The molecule has 19 heavy (non-hydrogen) atoms. The van der Waals surface area contributed by atoms with Gasteiger partial charge < -0.3 is 5.48 Å². The lowest BCUT2D eigenvalue weighted by Gasteiger charge is -1.29. The van der Waals surface area contributed by atoms with Crippen LogP contribution in [0.3, 0.4) is 0 Å². The highest BCUT2D eigenvalue weighted by Gasteiger charge is 1.17. The first-order chi connectivity index (χ1) is 8.83. The third kappa shape index (κ3) is 14900. The maximum Gasteiger partial charge on any atom is 0.140 e. The molecule has 0 rings (SSSR count). The molecule has 1 unspecified atom stereocenters. The van der Waals surface area contributed by atoms with E-state index in [0.29, 0.717) is 8.06 Å². The molecular formula is CH18NO14P3. The molecule has 0 fully saturated rings. The van der Waals surface area contributed by atoms with E-state index in [9.17, 15) is 0 Å². The first-order valence-corrected chi connectivity index (χ1v) is 4.68. The molecule has 0 saturated heterocycles. The van der Waals surface area contributed by atoms with Crippen LogP contribution in [-0.4, -0.2) is 48.8 Å². The standard InChI is InChI=1S/CH4.H3NP2.4H2O2.2O2.HOP.H2O/c;1-3-2;7*1-2;/h1H4;1H,2H2;4*1-2H;;;2H;1H2/i;;;;;;;;2D;. The molecule has 0 heterocycles. The van der Waals surface area contributed by atoms with Gasteiger partial charge in [-0.2, -0.15) is 0 Å². The molecule has 126 valence electrons. The van der Waals surface area contributed by atoms with E-state index < -0.39 is 9.06 Å². The SMILES string of the molecule is C.N=PP.O.O=O.O=O.OO.OO.OO.OO.[2H]P=O. The Hall–Kier alpha value is -0.530. The van der Waals surface area contributed by atoms with Crippen LogP contribution in [-0.2, 0) is 4.57 Å². The van der Waals surface area contributed by atoms with E-state index in [0.717, 1.165) is 0 Å². The molecule has 0 radical (unpaired) electrons. The average Bonchev–Trinajstić information content (AvgIpc) is 2.52. The van der Waals surface area contributed by atoms with Gasteiger partial charge >= 0.3 is 0 Å². The van der Waals surface area contributed by atoms with Crippen LogP contribution in [0.25, 0.3) is 0 Å². The lowest BCUT2D eigenvalue weighted by atomic mass is 12.0. The van der Waals surface area contributed by atoms with Crippen molar-refractivity contribution in [3.8, 4) is 0 Å². The summed E-state index contributed by atoms with van der Waals surface area (Å²) in [5.41, 5.74) is 0. The predicted molar refractivity (Wildman–Crippen MR) is 73.2 cm³/mol. The van der Waals surface area contributed by atoms with Crippen molar-refractivity contribution in [2.45, 2.75) is 7.43 Å². The van der Waals surface area contributed by atoms with E-state index in [1.54, 1.807) is 0 Å². The van der Waals surface area contributed by atoms with Crippen molar-refractivity contribution < 1.29 is 52.1 Å². The molecule has 0 aromatic rings. The number of hydrogen-bond acceptors (Lipinski definition) is 14. The Morgan fingerprint density at radius 3 is 0.895 bits per heavy atom. The maximum absolute atomic E-state index is 8.57. The molecule has 15 nitrogen and oxygen atoms in total. The smallest absolute Gasteiger partial charge is 0.140 e. The Morgan fingerprint density at radius 1 is 0.895 bits per heavy atom. The molecule has 0 amide bonds. The molecule has 0 spiro atoms. The van der Waals surface area contributed by atoms with Gasteiger partial charge in [-0.1, -0.05) is 16.4 Å². The van der Waals surface area contributed by atoms with Gasteiger partial charge in [0.1, 0.15) is 10.3 Å². The van der Waals surface area contributed by atoms with Gasteiger partial charge in [0.25, 0.3) is 0 Å². The van der Waals surface area contributed by atoms with E-state index in [-0.39, 0.29) is 12.9 Å². The fraction of sp³-hybridized carbons (Fsp3) is 1.00. The molecule has 0 aromatic carbocycles. The van der Waals surface area contributed by atoms with E-state index in [1.165, 1.54) is 0 Å². The second-order valence-electron chi connectivity index (χ2n) is 0.129. The van der Waals surface area contributed by atoms with Crippen molar-refractivity contribution in [2.24, 2.45) is 0 Å². The Balaban J connectivity index is -0.00000000711. The monoisotopic (exact) mass is 362 g/mol. The molecule has 11 N–H and O–H groups in total. The van der Waals surface area contributed by atoms with E-state index in [1.807, 2.05) is 0 Å². The Bertz CT molecular complexity index is 64.4. The first-order valence-electron chi connectivity index (χ1n) is 2.24. The van der Waals surface area contributed by atoms with Crippen LogP contribution >= 0.6 is 26.1 Å². The zero-order valence-corrected chi connectivity index (χ0v) is 11.0. The molecule has 0 aromatic heterocycles. The second-order valence-corrected chi connectivity index (χ2v) is 1.16. The quantitative estimate of drug-likeness (QED) is 0.169. The molecule has 0 bridgehead atoms. The van der Waals surface area contributed by atoms with Gasteiger partial charge in [0.2, 0.25) is 0 Å². The van der Waals surface area contributed by atoms with Crippen LogP contribution in [0.5, 0.6) is 0 Å². The van der Waals surface area contributed by atoms with Crippen molar-refractivity contribution in [3.63, 3.8) is 0 Å². The summed E-state index contributed by atoms with van der Waals surface area (Å²) >= 11 is 0. The van der Waals surface area contributed by atoms with Crippen molar-refractivity contribution in [1.29, 1.82) is 6.44 Å². The molecular weight excluding hydrogens is 343 g/mol. The fourth-order valence-electron chi connectivity index (χ4n) is 0. The highest BCUT2D eigenvalue weighted by Crippen LogP contribution is 2.00. The fourth-order valence-corrected chi connectivity index (χ4v) is 0. The van der Waals surface area contributed by atoms with E-state index in [2.05, 4.69) is 8.93 Å². The van der Waals surface area contributed by atoms with E-state index >= 15 is 0 Å². The summed E-state index contributed by atoms with van der Waals surface area (Å²) in [5, 5.41) is 54.1. The van der Waals surface area contributed by atoms with Crippen molar-refractivity contribution in [1.82, 2.24) is 0 Å². The van der Waals surface area contributed by atoms with E-state index in [4.69, 9.17) is 72.9 Å². The Labute approximate surface area is 113 Å². The van der Waals surface area contributed by atoms with Gasteiger partial charge in [-0.05, 0) is 0 Å². The topological polar surface area (TPSA) is 303 Å². The van der Waals surface area contributed by atoms with Crippen LogP contribution in [0.1, 0.15) is 7.43 Å². The second kappa shape index (κ2) is 21500. The van der Waals surface area contributed by atoms with Crippen LogP contribution in [0, 0.1) is 25.0 Å². The van der Waals surface area contributed by atoms with Gasteiger partial charge in [-0.25, -0.2) is 0 Å². The minimum Gasteiger partial charge on any atom is -0.412 e. The Morgan fingerprint density at radius 2 is 0.895 bits per heavy atom. The molecule has 18 heteroatoms. The zero-order chi connectivity index (χ0) is 17.4. The summed E-state index contributed by atoms with van der Waals surface area (Å²) in [6, 6.07) is 0. The normalized spacial score (nSPS) is 3.95. The molecule has 0 aliphatic carbocycles. The summed E-state index contributed by atoms with van der Waals surface area (Å²) in [6.45, 7) is 0. The summed E-state index contributed by atoms with van der Waals surface area (Å²) in [7, 11) is 2.22. The largest absolute Gasteiger partial charge is 0.412 e. The minimum absolute atomic E-state index is 0. The third-order valence-electron chi connectivity index (χ3n) is 0. The number of nitrogens with one attached hydrogen (secondary N) is 1. The van der Waals surface area contributed by atoms with Crippen LogP contribution in [0.15, 0.2) is 0 Å². The molecule has 0 saturated carbocycles. The van der Waals surface area contributed by atoms with Crippen molar-refractivity contribution in [2.75, 3.05) is 0 Å². The van der Waals surface area contributed by atoms with Gasteiger partial charge in [0.15, 0.2) is 0 Å². The van der Waals surface area contributed by atoms with Crippen LogP contribution < -0.4 is 0 Å². The molecule has 1 atom stereocenters. The lowest BCUT2D eigenvalue weighted by Crippen LogP contribution is -1.29. The number of rotatable bonds is 0. The highest BCUT2D eigenvalue weighted by atomic mass is 32.0. The third-order valence-corrected chi connectivity index (χ3v) is 0. The molecule has 0 aliphatic rings. The van der Waals surface area contributed by atoms with Gasteiger partial charge in [0, 0.05) is 27.9 Å².